The molecular weight excluding hydrogens is 462 g/mol. The van der Waals surface area contributed by atoms with E-state index in [-0.39, 0.29) is 41.4 Å². The standard InChI is InChI=1S/C22H19Cl2FN2O5/c23-10-9-18(20(29)13-5-7-15(25)8-6-13)32-22(31)14-11-19(28)27(12-14)26-21(30)16-3-1-2-4-17(16)24/h1-8,14,18H,9-12H2,(H,26,30)/t14-,18-/m1/s1. The summed E-state index contributed by atoms with van der Waals surface area (Å²) in [6.07, 6.45) is -1.32. The quantitative estimate of drug-likeness (QED) is 0.355. The highest BCUT2D eigenvalue weighted by molar-refractivity contribution is 6.33. The van der Waals surface area contributed by atoms with E-state index in [1.54, 1.807) is 12.1 Å². The van der Waals surface area contributed by atoms with Crippen LogP contribution in [-0.2, 0) is 14.3 Å². The number of Topliss-reactive ketones (excluding diaryl/α,β-unsaturated/α-hetero) is 1. The number of halogens is 3. The predicted octanol–water partition coefficient (Wildman–Crippen LogP) is 3.40. The summed E-state index contributed by atoms with van der Waals surface area (Å²) >= 11 is 11.7. The first-order chi connectivity index (χ1) is 15.3. The Morgan fingerprint density at radius 2 is 1.84 bits per heavy atom. The SMILES string of the molecule is O=C(NN1C[C@H](C(=O)O[C@H](CCCl)C(=O)c2ccc(F)cc2)CC1=O)c1ccccc1Cl. The van der Waals surface area contributed by atoms with E-state index in [1.165, 1.54) is 24.3 Å². The molecule has 0 aliphatic carbocycles. The maximum absolute atomic E-state index is 13.1. The van der Waals surface area contributed by atoms with Gasteiger partial charge in [0.05, 0.1) is 23.0 Å². The zero-order valence-electron chi connectivity index (χ0n) is 16.7. The molecule has 2 aromatic carbocycles. The van der Waals surface area contributed by atoms with Gasteiger partial charge in [0.25, 0.3) is 5.91 Å². The first-order valence-corrected chi connectivity index (χ1v) is 10.6. The lowest BCUT2D eigenvalue weighted by molar-refractivity contribution is -0.151. The van der Waals surface area contributed by atoms with Gasteiger partial charge in [-0.15, -0.1) is 11.6 Å². The van der Waals surface area contributed by atoms with Crippen LogP contribution in [0.5, 0.6) is 0 Å². The lowest BCUT2D eigenvalue weighted by atomic mass is 10.0. The largest absolute Gasteiger partial charge is 0.454 e. The monoisotopic (exact) mass is 480 g/mol. The minimum atomic E-state index is -1.17. The minimum absolute atomic E-state index is 0.0501. The van der Waals surface area contributed by atoms with Crippen molar-refractivity contribution < 1.29 is 28.3 Å². The van der Waals surface area contributed by atoms with Crippen LogP contribution in [-0.4, -0.2) is 47.1 Å². The molecular formula is C22H19Cl2FN2O5. The second-order valence-electron chi connectivity index (χ2n) is 7.10. The fraction of sp³-hybridized carbons (Fsp3) is 0.273. The fourth-order valence-corrected chi connectivity index (χ4v) is 3.60. The molecule has 1 fully saturated rings. The van der Waals surface area contributed by atoms with Crippen LogP contribution in [0, 0.1) is 11.7 Å². The summed E-state index contributed by atoms with van der Waals surface area (Å²) in [6.45, 7) is -0.119. The second-order valence-corrected chi connectivity index (χ2v) is 7.89. The summed E-state index contributed by atoms with van der Waals surface area (Å²) in [5.74, 6) is -3.70. The Hall–Kier alpha value is -2.97. The van der Waals surface area contributed by atoms with E-state index in [0.717, 1.165) is 17.1 Å². The summed E-state index contributed by atoms with van der Waals surface area (Å²) in [6, 6.07) is 11.2. The van der Waals surface area contributed by atoms with Gasteiger partial charge in [-0.05, 0) is 36.4 Å². The molecule has 1 saturated heterocycles. The van der Waals surface area contributed by atoms with Crippen LogP contribution in [0.15, 0.2) is 48.5 Å². The van der Waals surface area contributed by atoms with Crippen molar-refractivity contribution in [3.63, 3.8) is 0 Å². The number of esters is 1. The second kappa shape index (κ2) is 10.6. The highest BCUT2D eigenvalue weighted by Crippen LogP contribution is 2.21. The molecule has 2 amide bonds. The first-order valence-electron chi connectivity index (χ1n) is 9.72. The number of alkyl halides is 1. The summed E-state index contributed by atoms with van der Waals surface area (Å²) in [7, 11) is 0. The molecule has 2 aromatic rings. The van der Waals surface area contributed by atoms with Gasteiger partial charge < -0.3 is 4.74 Å². The number of hydrazine groups is 1. The van der Waals surface area contributed by atoms with Crippen LogP contribution in [0.4, 0.5) is 4.39 Å². The number of nitrogens with one attached hydrogen (secondary N) is 1. The number of hydrogen-bond donors (Lipinski definition) is 1. The van der Waals surface area contributed by atoms with Crippen LogP contribution < -0.4 is 5.43 Å². The Balaban J connectivity index is 1.63. The molecule has 1 aliphatic heterocycles. The Labute approximate surface area is 193 Å². The van der Waals surface area contributed by atoms with Crippen molar-refractivity contribution >= 4 is 46.8 Å². The topological polar surface area (TPSA) is 92.8 Å². The molecule has 0 spiro atoms. The zero-order valence-corrected chi connectivity index (χ0v) is 18.2. The molecule has 32 heavy (non-hydrogen) atoms. The molecule has 2 atom stereocenters. The lowest BCUT2D eigenvalue weighted by Gasteiger charge is -2.20. The molecule has 3 rings (SSSR count). The molecule has 0 saturated carbocycles. The number of ketones is 1. The maximum Gasteiger partial charge on any atom is 0.312 e. The van der Waals surface area contributed by atoms with Crippen LogP contribution >= 0.6 is 23.2 Å². The van der Waals surface area contributed by atoms with Crippen LogP contribution in [0.25, 0.3) is 0 Å². The molecule has 1 aliphatic rings. The van der Waals surface area contributed by atoms with Gasteiger partial charge in [-0.3, -0.25) is 29.6 Å². The normalized spacial score (nSPS) is 16.5. The Kier molecular flexibility index (Phi) is 7.82. The Morgan fingerprint density at radius 3 is 2.50 bits per heavy atom. The van der Waals surface area contributed by atoms with E-state index in [2.05, 4.69) is 5.43 Å². The zero-order chi connectivity index (χ0) is 23.3. The highest BCUT2D eigenvalue weighted by atomic mass is 35.5. The van der Waals surface area contributed by atoms with Crippen LogP contribution in [0.1, 0.15) is 33.6 Å². The number of amides is 2. The number of benzene rings is 2. The van der Waals surface area contributed by atoms with Crippen molar-refractivity contribution in [2.45, 2.75) is 18.9 Å². The molecule has 7 nitrogen and oxygen atoms in total. The Morgan fingerprint density at radius 1 is 1.16 bits per heavy atom. The van der Waals surface area contributed by atoms with Gasteiger partial charge >= 0.3 is 5.97 Å². The summed E-state index contributed by atoms with van der Waals surface area (Å²) in [5.41, 5.74) is 2.78. The third-order valence-electron chi connectivity index (χ3n) is 4.86. The van der Waals surface area contributed by atoms with E-state index in [4.69, 9.17) is 27.9 Å². The minimum Gasteiger partial charge on any atom is -0.454 e. The Bertz CT molecular complexity index is 1030. The number of nitrogens with zero attached hydrogens (tertiary/aromatic N) is 1. The fourth-order valence-electron chi connectivity index (χ4n) is 3.18. The van der Waals surface area contributed by atoms with Crippen molar-refractivity contribution in [1.82, 2.24) is 10.4 Å². The number of hydrogen-bond acceptors (Lipinski definition) is 5. The molecule has 168 valence electrons. The number of ether oxygens (including phenoxy) is 1. The summed E-state index contributed by atoms with van der Waals surface area (Å²) in [4.78, 5) is 50.0. The average Bonchev–Trinajstić information content (AvgIpc) is 3.14. The first kappa shape index (κ1) is 23.7. The van der Waals surface area contributed by atoms with E-state index in [0.29, 0.717) is 0 Å². The number of rotatable bonds is 8. The van der Waals surface area contributed by atoms with Gasteiger partial charge in [-0.1, -0.05) is 23.7 Å². The van der Waals surface area contributed by atoms with Gasteiger partial charge in [0.2, 0.25) is 11.7 Å². The number of carbonyl (C=O) groups excluding carboxylic acids is 4. The van der Waals surface area contributed by atoms with Crippen LogP contribution in [0.2, 0.25) is 5.02 Å². The van der Waals surface area contributed by atoms with E-state index in [1.807, 2.05) is 0 Å². The molecule has 0 radical (unpaired) electrons. The summed E-state index contributed by atoms with van der Waals surface area (Å²) < 4.78 is 18.5. The van der Waals surface area contributed by atoms with Gasteiger partial charge in [0.1, 0.15) is 5.82 Å². The highest BCUT2D eigenvalue weighted by Gasteiger charge is 2.38. The molecule has 1 heterocycles. The van der Waals surface area contributed by atoms with Crippen molar-refractivity contribution in [3.8, 4) is 0 Å². The molecule has 0 unspecified atom stereocenters. The van der Waals surface area contributed by atoms with Crippen molar-refractivity contribution in [2.75, 3.05) is 12.4 Å². The van der Waals surface area contributed by atoms with Gasteiger partial charge in [0.15, 0.2) is 6.10 Å². The number of carbonyl (C=O) groups is 4. The van der Waals surface area contributed by atoms with Gasteiger partial charge in [-0.25, -0.2) is 4.39 Å². The van der Waals surface area contributed by atoms with Crippen molar-refractivity contribution in [3.05, 3.63) is 70.5 Å². The molecule has 0 bridgehead atoms. The van der Waals surface area contributed by atoms with Gasteiger partial charge in [0, 0.05) is 24.3 Å². The smallest absolute Gasteiger partial charge is 0.312 e. The van der Waals surface area contributed by atoms with Crippen molar-refractivity contribution in [2.24, 2.45) is 5.92 Å². The third kappa shape index (κ3) is 5.63. The van der Waals surface area contributed by atoms with Gasteiger partial charge in [-0.2, -0.15) is 0 Å². The van der Waals surface area contributed by atoms with E-state index >= 15 is 0 Å². The maximum atomic E-state index is 13.1. The lowest BCUT2D eigenvalue weighted by Crippen LogP contribution is -2.43. The van der Waals surface area contributed by atoms with E-state index < -0.39 is 41.4 Å². The third-order valence-corrected chi connectivity index (χ3v) is 5.41. The molecule has 10 heteroatoms. The summed E-state index contributed by atoms with van der Waals surface area (Å²) in [5, 5.41) is 1.24. The van der Waals surface area contributed by atoms with E-state index in [9.17, 15) is 23.6 Å². The predicted molar refractivity (Wildman–Crippen MR) is 115 cm³/mol. The molecule has 1 N–H and O–H groups in total. The van der Waals surface area contributed by atoms with Crippen molar-refractivity contribution in [1.29, 1.82) is 0 Å². The average molecular weight is 481 g/mol. The van der Waals surface area contributed by atoms with Crippen LogP contribution in [0.3, 0.4) is 0 Å². The molecule has 0 aromatic heterocycles.